The molecule has 5 rings (SSSR count). The van der Waals surface area contributed by atoms with E-state index in [9.17, 15) is 4.79 Å². The van der Waals surface area contributed by atoms with Crippen LogP contribution in [0.1, 0.15) is 62.8 Å². The summed E-state index contributed by atoms with van der Waals surface area (Å²) in [5, 5.41) is 4.52. The van der Waals surface area contributed by atoms with Gasteiger partial charge in [-0.05, 0) is 75.9 Å². The highest BCUT2D eigenvalue weighted by molar-refractivity contribution is 5.89. The Hall–Kier alpha value is -2.60. The Labute approximate surface area is 190 Å². The normalized spacial score (nSPS) is 21.1. The number of fused-ring (bicyclic) bond motifs is 2. The Kier molecular flexibility index (Phi) is 6.05. The smallest absolute Gasteiger partial charge is 0.410 e. The largest absolute Gasteiger partial charge is 0.415 e. The number of nitrogens with zero attached hydrogens (tertiary/aromatic N) is 3. The zero-order valence-electron chi connectivity index (χ0n) is 19.3. The summed E-state index contributed by atoms with van der Waals surface area (Å²) >= 11 is 0. The number of benzene rings is 1. The van der Waals surface area contributed by atoms with Gasteiger partial charge in [-0.2, -0.15) is 0 Å². The van der Waals surface area contributed by atoms with Crippen molar-refractivity contribution in [1.82, 2.24) is 20.1 Å². The molecule has 170 valence electrons. The average Bonchev–Trinajstić information content (AvgIpc) is 3.26. The van der Waals surface area contributed by atoms with Gasteiger partial charge in [-0.25, -0.2) is 9.78 Å². The summed E-state index contributed by atoms with van der Waals surface area (Å²) in [5.74, 6) is 0.606. The number of amides is 1. The molecule has 2 saturated heterocycles. The van der Waals surface area contributed by atoms with E-state index in [2.05, 4.69) is 23.2 Å². The predicted molar refractivity (Wildman–Crippen MR) is 128 cm³/mol. The first-order valence-corrected chi connectivity index (χ1v) is 12.2. The molecule has 1 amide bonds. The van der Waals surface area contributed by atoms with Crippen LogP contribution in [0.2, 0.25) is 0 Å². The minimum absolute atomic E-state index is 0.230. The number of hydrogen-bond acceptors (Lipinski definition) is 5. The van der Waals surface area contributed by atoms with Crippen LogP contribution in [0.15, 0.2) is 24.3 Å². The molecule has 6 nitrogen and oxygen atoms in total. The summed E-state index contributed by atoms with van der Waals surface area (Å²) in [6.07, 6.45) is 8.84. The van der Waals surface area contributed by atoms with Crippen LogP contribution in [0.25, 0.3) is 16.6 Å². The van der Waals surface area contributed by atoms with Crippen LogP contribution in [0.4, 0.5) is 4.79 Å². The first-order valence-electron chi connectivity index (χ1n) is 12.2. The van der Waals surface area contributed by atoms with Crippen LogP contribution in [0, 0.1) is 0 Å². The van der Waals surface area contributed by atoms with Gasteiger partial charge in [-0.3, -0.25) is 0 Å². The number of hydrogen-bond donors (Lipinski definition) is 1. The Balaban J connectivity index is 1.29. The van der Waals surface area contributed by atoms with Gasteiger partial charge in [0.05, 0.1) is 16.9 Å². The molecule has 0 atom stereocenters. The van der Waals surface area contributed by atoms with E-state index in [0.29, 0.717) is 11.8 Å². The van der Waals surface area contributed by atoms with Gasteiger partial charge in [-0.15, -0.1) is 0 Å². The number of nitrogens with one attached hydrogen (secondary N) is 1. The molecule has 1 N–H and O–H groups in total. The first-order chi connectivity index (χ1) is 15.7. The molecule has 3 aliphatic heterocycles. The van der Waals surface area contributed by atoms with E-state index in [-0.39, 0.29) is 6.09 Å². The van der Waals surface area contributed by atoms with Gasteiger partial charge in [0.1, 0.15) is 5.75 Å². The summed E-state index contributed by atoms with van der Waals surface area (Å²) in [7, 11) is 0. The third-order valence-electron chi connectivity index (χ3n) is 7.36. The van der Waals surface area contributed by atoms with Gasteiger partial charge >= 0.3 is 6.09 Å². The quantitative estimate of drug-likeness (QED) is 0.758. The number of aryl methyl sites for hydroxylation is 1. The lowest BCUT2D eigenvalue weighted by atomic mass is 9.99. The van der Waals surface area contributed by atoms with Crippen LogP contribution < -0.4 is 10.1 Å². The number of aromatic nitrogens is 1. The van der Waals surface area contributed by atoms with E-state index in [1.807, 2.05) is 30.0 Å². The molecule has 1 aromatic heterocycles. The second-order valence-electron chi connectivity index (χ2n) is 9.19. The van der Waals surface area contributed by atoms with Crippen LogP contribution >= 0.6 is 0 Å². The van der Waals surface area contributed by atoms with E-state index in [0.717, 1.165) is 61.2 Å². The monoisotopic (exact) mass is 434 g/mol. The highest BCUT2D eigenvalue weighted by Crippen LogP contribution is 2.33. The summed E-state index contributed by atoms with van der Waals surface area (Å²) in [4.78, 5) is 22.3. The molecule has 6 heteroatoms. The van der Waals surface area contributed by atoms with E-state index in [1.165, 1.54) is 43.5 Å². The fourth-order valence-electron chi connectivity index (χ4n) is 5.60. The minimum Gasteiger partial charge on any atom is -0.410 e. The van der Waals surface area contributed by atoms with Crippen molar-refractivity contribution in [2.45, 2.75) is 65.0 Å². The predicted octanol–water partition coefficient (Wildman–Crippen LogP) is 4.71. The average molecular weight is 435 g/mol. The third-order valence-corrected chi connectivity index (χ3v) is 7.36. The molecule has 4 heterocycles. The van der Waals surface area contributed by atoms with Gasteiger partial charge in [0.25, 0.3) is 0 Å². The Morgan fingerprint density at radius 3 is 2.69 bits per heavy atom. The van der Waals surface area contributed by atoms with Gasteiger partial charge in [0.15, 0.2) is 0 Å². The van der Waals surface area contributed by atoms with Gasteiger partial charge < -0.3 is 19.9 Å². The van der Waals surface area contributed by atoms with Crippen molar-refractivity contribution in [3.8, 4) is 5.75 Å². The van der Waals surface area contributed by atoms with Crippen molar-refractivity contribution >= 4 is 22.7 Å². The first kappa shape index (κ1) is 21.3. The maximum absolute atomic E-state index is 12.9. The van der Waals surface area contributed by atoms with E-state index in [4.69, 9.17) is 9.72 Å². The second kappa shape index (κ2) is 9.10. The van der Waals surface area contributed by atoms with Crippen molar-refractivity contribution < 1.29 is 9.53 Å². The van der Waals surface area contributed by atoms with E-state index < -0.39 is 0 Å². The summed E-state index contributed by atoms with van der Waals surface area (Å²) in [5.41, 5.74) is 5.65. The van der Waals surface area contributed by atoms with Gasteiger partial charge in [0, 0.05) is 36.6 Å². The summed E-state index contributed by atoms with van der Waals surface area (Å²) < 4.78 is 5.82. The van der Waals surface area contributed by atoms with Crippen LogP contribution in [0.3, 0.4) is 0 Å². The lowest BCUT2D eigenvalue weighted by Gasteiger charge is -2.39. The van der Waals surface area contributed by atoms with Crippen LogP contribution in [-0.4, -0.2) is 53.1 Å². The van der Waals surface area contributed by atoms with Crippen molar-refractivity contribution in [1.29, 1.82) is 0 Å². The fraction of sp³-hybridized carbons (Fsp3) is 0.538. The van der Waals surface area contributed by atoms with Crippen molar-refractivity contribution in [2.24, 2.45) is 0 Å². The molecule has 32 heavy (non-hydrogen) atoms. The number of allylic oxidation sites excluding steroid dienone is 1. The Morgan fingerprint density at radius 1 is 1.19 bits per heavy atom. The molecule has 0 aliphatic carbocycles. The molecule has 3 aliphatic rings. The lowest BCUT2D eigenvalue weighted by Crippen LogP contribution is -2.48. The van der Waals surface area contributed by atoms with Gasteiger partial charge in [-0.1, -0.05) is 19.4 Å². The van der Waals surface area contributed by atoms with Crippen LogP contribution in [0.5, 0.6) is 5.75 Å². The number of pyridine rings is 1. The molecule has 2 aromatic rings. The zero-order chi connectivity index (χ0) is 22.1. The molecule has 0 bridgehead atoms. The number of carbonyl (C=O) groups is 1. The molecule has 2 fully saturated rings. The molecule has 1 aromatic carbocycles. The SMILES string of the molecule is C/C=C1\NCc2c1nc1ccc(OC(=O)N3CCC(N4CCCCC4)CC3)cc1c2CC. The maximum Gasteiger partial charge on any atom is 0.415 e. The highest BCUT2D eigenvalue weighted by atomic mass is 16.6. The van der Waals surface area contributed by atoms with Gasteiger partial charge in [0.2, 0.25) is 0 Å². The number of ether oxygens (including phenoxy) is 1. The minimum atomic E-state index is -0.230. The lowest BCUT2D eigenvalue weighted by molar-refractivity contribution is 0.0878. The molecule has 0 radical (unpaired) electrons. The van der Waals surface area contributed by atoms with Crippen molar-refractivity contribution in [3.05, 3.63) is 41.1 Å². The molecular formula is C26H34N4O2. The van der Waals surface area contributed by atoms with E-state index in [1.54, 1.807) is 0 Å². The number of piperidine rings is 2. The second-order valence-corrected chi connectivity index (χ2v) is 9.19. The molecule has 0 unspecified atom stereocenters. The van der Waals surface area contributed by atoms with Crippen molar-refractivity contribution in [2.75, 3.05) is 26.2 Å². The maximum atomic E-state index is 12.9. The Morgan fingerprint density at radius 2 is 1.97 bits per heavy atom. The Bertz CT molecular complexity index is 1030. The van der Waals surface area contributed by atoms with Crippen LogP contribution in [-0.2, 0) is 13.0 Å². The molecule has 0 spiro atoms. The zero-order valence-corrected chi connectivity index (χ0v) is 19.3. The number of likely N-dealkylation sites (tertiary alicyclic amines) is 2. The number of rotatable bonds is 3. The van der Waals surface area contributed by atoms with E-state index >= 15 is 0 Å². The highest BCUT2D eigenvalue weighted by Gasteiger charge is 2.29. The standard InChI is InChI=1S/C26H34N4O2/c1-3-20-21-16-19(8-9-24(21)28-25-22(20)17-27-23(25)4-2)32-26(31)30-14-10-18(11-15-30)29-12-6-5-7-13-29/h4,8-9,16,18,27H,3,5-7,10-15,17H2,1-2H3/b23-4-. The third kappa shape index (κ3) is 3.96. The molecular weight excluding hydrogens is 400 g/mol. The summed E-state index contributed by atoms with van der Waals surface area (Å²) in [6.45, 7) is 9.00. The topological polar surface area (TPSA) is 57.7 Å². The fourth-order valence-corrected chi connectivity index (χ4v) is 5.60. The number of carbonyl (C=O) groups excluding carboxylic acids is 1. The summed E-state index contributed by atoms with van der Waals surface area (Å²) in [6, 6.07) is 6.46. The molecule has 0 saturated carbocycles. The van der Waals surface area contributed by atoms with Crippen molar-refractivity contribution in [3.63, 3.8) is 0 Å².